The number of benzene rings is 1. The first kappa shape index (κ1) is 19.9. The Bertz CT molecular complexity index is 1010. The van der Waals surface area contributed by atoms with Crippen LogP contribution in [0.3, 0.4) is 0 Å². The van der Waals surface area contributed by atoms with Crippen LogP contribution in [0.5, 0.6) is 0 Å². The minimum atomic E-state index is -0.665. The van der Waals surface area contributed by atoms with Gasteiger partial charge in [-0.05, 0) is 50.9 Å². The van der Waals surface area contributed by atoms with Gasteiger partial charge in [0.15, 0.2) is 11.4 Å². The van der Waals surface area contributed by atoms with Crippen LogP contribution in [0.1, 0.15) is 39.0 Å². The van der Waals surface area contributed by atoms with Gasteiger partial charge in [0.05, 0.1) is 6.54 Å². The number of hydrogen-bond acceptors (Lipinski definition) is 5. The van der Waals surface area contributed by atoms with Gasteiger partial charge in [0.2, 0.25) is 5.28 Å². The first-order chi connectivity index (χ1) is 13.3. The molecular formula is C21H22ClN3O3. The van der Waals surface area contributed by atoms with Crippen molar-refractivity contribution in [3.8, 4) is 0 Å². The van der Waals surface area contributed by atoms with E-state index in [0.717, 1.165) is 5.56 Å². The molecule has 2 aromatic heterocycles. The molecule has 0 fully saturated rings. The van der Waals surface area contributed by atoms with Crippen molar-refractivity contribution in [2.75, 3.05) is 4.90 Å². The fraction of sp³-hybridized carbons (Fsp3) is 0.286. The quantitative estimate of drug-likeness (QED) is 0.514. The van der Waals surface area contributed by atoms with E-state index < -0.39 is 11.7 Å². The van der Waals surface area contributed by atoms with Gasteiger partial charge in [0.1, 0.15) is 16.9 Å². The highest BCUT2D eigenvalue weighted by Crippen LogP contribution is 2.31. The number of nitrogens with zero attached hydrogens (tertiary/aromatic N) is 3. The maximum Gasteiger partial charge on any atom is 0.416 e. The summed E-state index contributed by atoms with van der Waals surface area (Å²) in [4.78, 5) is 22.9. The van der Waals surface area contributed by atoms with Crippen molar-refractivity contribution in [1.82, 2.24) is 9.97 Å². The molecule has 0 radical (unpaired) electrons. The molecule has 0 N–H and O–H groups in total. The zero-order valence-corrected chi connectivity index (χ0v) is 17.0. The number of carbonyl (C=O) groups is 1. The smallest absolute Gasteiger partial charge is 0.416 e. The van der Waals surface area contributed by atoms with Crippen LogP contribution in [0.4, 0.5) is 10.6 Å². The number of carbonyl (C=O) groups excluding carboxylic acids is 1. The Hall–Kier alpha value is -2.86. The molecule has 0 saturated heterocycles. The van der Waals surface area contributed by atoms with Gasteiger partial charge in [-0.1, -0.05) is 36.4 Å². The zero-order chi connectivity index (χ0) is 20.3. The minimum absolute atomic E-state index is 0.0250. The second kappa shape index (κ2) is 8.02. The Labute approximate surface area is 168 Å². The minimum Gasteiger partial charge on any atom is -0.451 e. The monoisotopic (exact) mass is 399 g/mol. The molecular weight excluding hydrogens is 378 g/mol. The first-order valence-electron chi connectivity index (χ1n) is 8.91. The van der Waals surface area contributed by atoms with Gasteiger partial charge in [0, 0.05) is 6.07 Å². The number of fused-ring (bicyclic) bond motifs is 1. The Kier molecular flexibility index (Phi) is 5.70. The number of furan rings is 1. The van der Waals surface area contributed by atoms with E-state index in [1.54, 1.807) is 12.1 Å². The summed E-state index contributed by atoms with van der Waals surface area (Å²) < 4.78 is 11.5. The lowest BCUT2D eigenvalue weighted by Crippen LogP contribution is -2.37. The van der Waals surface area contributed by atoms with E-state index in [1.807, 2.05) is 64.1 Å². The normalized spacial score (nSPS) is 11.9. The van der Waals surface area contributed by atoms with Crippen molar-refractivity contribution in [3.63, 3.8) is 0 Å². The topological polar surface area (TPSA) is 68.5 Å². The molecule has 6 nitrogen and oxygen atoms in total. The Morgan fingerprint density at radius 2 is 1.96 bits per heavy atom. The van der Waals surface area contributed by atoms with Gasteiger partial charge in [-0.2, -0.15) is 4.98 Å². The largest absolute Gasteiger partial charge is 0.451 e. The Balaban J connectivity index is 2.12. The summed E-state index contributed by atoms with van der Waals surface area (Å²) in [7, 11) is 0. The number of allylic oxidation sites excluding steroid dienone is 1. The van der Waals surface area contributed by atoms with Gasteiger partial charge in [-0.15, -0.1) is 0 Å². The van der Waals surface area contributed by atoms with E-state index in [0.29, 0.717) is 16.9 Å². The van der Waals surface area contributed by atoms with Crippen molar-refractivity contribution in [1.29, 1.82) is 0 Å². The lowest BCUT2D eigenvalue weighted by atomic mass is 10.2. The van der Waals surface area contributed by atoms with Crippen LogP contribution in [0, 0.1) is 0 Å². The van der Waals surface area contributed by atoms with Gasteiger partial charge >= 0.3 is 6.09 Å². The van der Waals surface area contributed by atoms with Crippen LogP contribution in [-0.2, 0) is 11.3 Å². The molecule has 28 heavy (non-hydrogen) atoms. The molecule has 0 aliphatic carbocycles. The molecule has 3 aromatic rings. The number of rotatable bonds is 4. The molecule has 0 aliphatic heterocycles. The standard InChI is InChI=1S/C21H22ClN3O3/c1-5-9-15-12-16-17(27-15)18(24-19(22)23-16)25(20(26)28-21(2,3)4)13-14-10-7-6-8-11-14/h5-12H,13H2,1-4H3/b9-5+. The Morgan fingerprint density at radius 1 is 1.25 bits per heavy atom. The second-order valence-corrected chi connectivity index (χ2v) is 7.57. The summed E-state index contributed by atoms with van der Waals surface area (Å²) >= 11 is 6.13. The fourth-order valence-electron chi connectivity index (χ4n) is 2.64. The van der Waals surface area contributed by atoms with Crippen molar-refractivity contribution < 1.29 is 13.9 Å². The number of aromatic nitrogens is 2. The number of amides is 1. The lowest BCUT2D eigenvalue weighted by molar-refractivity contribution is 0.0576. The van der Waals surface area contributed by atoms with E-state index >= 15 is 0 Å². The average molecular weight is 400 g/mol. The molecule has 1 amide bonds. The third-order valence-corrected chi connectivity index (χ3v) is 3.90. The molecule has 0 unspecified atom stereocenters. The van der Waals surface area contributed by atoms with Gasteiger partial charge < -0.3 is 9.15 Å². The predicted molar refractivity (Wildman–Crippen MR) is 110 cm³/mol. The maximum atomic E-state index is 13.0. The molecule has 0 aliphatic rings. The van der Waals surface area contributed by atoms with Crippen LogP contribution in [0.2, 0.25) is 5.28 Å². The highest BCUT2D eigenvalue weighted by Gasteiger charge is 2.28. The van der Waals surface area contributed by atoms with Crippen molar-refractivity contribution >= 4 is 40.7 Å². The second-order valence-electron chi connectivity index (χ2n) is 7.23. The van der Waals surface area contributed by atoms with Gasteiger partial charge in [-0.3, -0.25) is 4.90 Å². The van der Waals surface area contributed by atoms with Crippen LogP contribution in [0.25, 0.3) is 17.2 Å². The average Bonchev–Trinajstić information content (AvgIpc) is 3.01. The Morgan fingerprint density at radius 3 is 2.61 bits per heavy atom. The van der Waals surface area contributed by atoms with Crippen LogP contribution in [-0.4, -0.2) is 21.7 Å². The van der Waals surface area contributed by atoms with Crippen molar-refractivity contribution in [3.05, 3.63) is 59.1 Å². The summed E-state index contributed by atoms with van der Waals surface area (Å²) in [6.07, 6.45) is 3.10. The SMILES string of the molecule is C/C=C/c1cc2nc(Cl)nc(N(Cc3ccccc3)C(=O)OC(C)(C)C)c2o1. The van der Waals surface area contributed by atoms with E-state index in [2.05, 4.69) is 9.97 Å². The van der Waals surface area contributed by atoms with Crippen LogP contribution < -0.4 is 4.90 Å². The molecule has 0 spiro atoms. The molecule has 1 aromatic carbocycles. The van der Waals surface area contributed by atoms with E-state index in [1.165, 1.54) is 4.90 Å². The first-order valence-corrected chi connectivity index (χ1v) is 9.29. The molecule has 3 rings (SSSR count). The molecule has 146 valence electrons. The molecule has 7 heteroatoms. The van der Waals surface area contributed by atoms with Crippen LogP contribution >= 0.6 is 11.6 Å². The zero-order valence-electron chi connectivity index (χ0n) is 16.3. The summed E-state index contributed by atoms with van der Waals surface area (Å²) in [6, 6.07) is 11.3. The molecule has 2 heterocycles. The highest BCUT2D eigenvalue weighted by molar-refractivity contribution is 6.28. The summed E-state index contributed by atoms with van der Waals surface area (Å²) in [5.41, 5.74) is 1.14. The number of halogens is 1. The summed E-state index contributed by atoms with van der Waals surface area (Å²) in [6.45, 7) is 7.56. The van der Waals surface area contributed by atoms with Crippen molar-refractivity contribution in [2.24, 2.45) is 0 Å². The molecule has 0 atom stereocenters. The third-order valence-electron chi connectivity index (χ3n) is 3.73. The van der Waals surface area contributed by atoms with Crippen LogP contribution in [0.15, 0.2) is 46.9 Å². The fourth-order valence-corrected chi connectivity index (χ4v) is 2.82. The molecule has 0 saturated carbocycles. The van der Waals surface area contributed by atoms with Gasteiger partial charge in [-0.25, -0.2) is 9.78 Å². The van der Waals surface area contributed by atoms with Gasteiger partial charge in [0.25, 0.3) is 0 Å². The van der Waals surface area contributed by atoms with E-state index in [4.69, 9.17) is 20.8 Å². The summed E-state index contributed by atoms with van der Waals surface area (Å²) in [5.74, 6) is 0.864. The van der Waals surface area contributed by atoms with E-state index in [9.17, 15) is 4.79 Å². The highest BCUT2D eigenvalue weighted by atomic mass is 35.5. The summed E-state index contributed by atoms with van der Waals surface area (Å²) in [5, 5.41) is 0.0250. The van der Waals surface area contributed by atoms with Crippen molar-refractivity contribution in [2.45, 2.75) is 39.8 Å². The lowest BCUT2D eigenvalue weighted by Gasteiger charge is -2.26. The number of hydrogen-bond donors (Lipinski definition) is 0. The third kappa shape index (κ3) is 4.70. The number of anilines is 1. The predicted octanol–water partition coefficient (Wildman–Crippen LogP) is 5.85. The van der Waals surface area contributed by atoms with E-state index in [-0.39, 0.29) is 17.6 Å². The number of ether oxygens (including phenoxy) is 1. The maximum absolute atomic E-state index is 13.0. The molecule has 0 bridgehead atoms.